The summed E-state index contributed by atoms with van der Waals surface area (Å²) in [6.07, 6.45) is 2.60. The van der Waals surface area contributed by atoms with Crippen LogP contribution in [0.2, 0.25) is 0 Å². The number of nitrogens with zero attached hydrogens (tertiary/aromatic N) is 1. The monoisotopic (exact) mass is 600 g/mol. The third kappa shape index (κ3) is 11.1. The van der Waals surface area contributed by atoms with Gasteiger partial charge in [0.2, 0.25) is 29.5 Å². The van der Waals surface area contributed by atoms with E-state index in [9.17, 15) is 29.1 Å². The van der Waals surface area contributed by atoms with Crippen molar-refractivity contribution in [2.24, 2.45) is 11.5 Å². The summed E-state index contributed by atoms with van der Waals surface area (Å²) in [7, 11) is 1.47. The molecular weight excluding hydrogens is 560 g/mol. The van der Waals surface area contributed by atoms with Gasteiger partial charge in [0.05, 0.1) is 12.6 Å². The molecule has 0 bridgehead atoms. The standard InChI is InChI=1S/C29H40N6O6S/c1-18(33-28(40)22(30)15-20-9-11-21(36)12-10-20)27(39)32-17-25(37)34-23(16-19-7-5-4-6-8-19)29(41)35(2)24(26(31)38)13-14-42-3/h4-12,18,22-24,36H,13-17,30H2,1-3H3,(H2,31,38)(H,32,39)(H,33,40)(H,34,37)/t18-,22+,23+,24+/m1/s1. The van der Waals surface area contributed by atoms with Gasteiger partial charge in [-0.25, -0.2) is 0 Å². The predicted octanol–water partition coefficient (Wildman–Crippen LogP) is -0.324. The van der Waals surface area contributed by atoms with Crippen molar-refractivity contribution < 1.29 is 29.1 Å². The van der Waals surface area contributed by atoms with E-state index in [1.807, 2.05) is 24.5 Å². The van der Waals surface area contributed by atoms with Crippen molar-refractivity contribution in [3.63, 3.8) is 0 Å². The maximum Gasteiger partial charge on any atom is 0.245 e. The van der Waals surface area contributed by atoms with Crippen LogP contribution in [0.5, 0.6) is 5.75 Å². The number of phenols is 1. The maximum atomic E-state index is 13.4. The first-order chi connectivity index (χ1) is 19.9. The summed E-state index contributed by atoms with van der Waals surface area (Å²) in [5.41, 5.74) is 13.0. The summed E-state index contributed by atoms with van der Waals surface area (Å²) < 4.78 is 0. The molecule has 0 radical (unpaired) electrons. The fourth-order valence-electron chi connectivity index (χ4n) is 4.14. The van der Waals surface area contributed by atoms with Crippen LogP contribution in [0.3, 0.4) is 0 Å². The fourth-order valence-corrected chi connectivity index (χ4v) is 4.59. The molecule has 0 saturated carbocycles. The van der Waals surface area contributed by atoms with Gasteiger partial charge < -0.3 is 37.4 Å². The highest BCUT2D eigenvalue weighted by atomic mass is 32.2. The topological polar surface area (TPSA) is 197 Å². The number of amides is 5. The Morgan fingerprint density at radius 2 is 1.55 bits per heavy atom. The maximum absolute atomic E-state index is 13.4. The van der Waals surface area contributed by atoms with Gasteiger partial charge in [-0.05, 0) is 55.0 Å². The zero-order valence-electron chi connectivity index (χ0n) is 24.0. The number of benzene rings is 2. The van der Waals surface area contributed by atoms with Gasteiger partial charge >= 0.3 is 0 Å². The van der Waals surface area contributed by atoms with Gasteiger partial charge in [0, 0.05) is 13.5 Å². The summed E-state index contributed by atoms with van der Waals surface area (Å²) >= 11 is 1.52. The average molecular weight is 601 g/mol. The van der Waals surface area contributed by atoms with Gasteiger partial charge in [0.15, 0.2) is 0 Å². The number of aromatic hydroxyl groups is 1. The number of thioether (sulfide) groups is 1. The van der Waals surface area contributed by atoms with Crippen molar-refractivity contribution in [2.75, 3.05) is 25.6 Å². The van der Waals surface area contributed by atoms with Gasteiger partial charge in [-0.2, -0.15) is 11.8 Å². The molecule has 2 aromatic rings. The molecule has 0 heterocycles. The van der Waals surface area contributed by atoms with Crippen LogP contribution in [0, 0.1) is 0 Å². The zero-order valence-corrected chi connectivity index (χ0v) is 24.9. The first-order valence-corrected chi connectivity index (χ1v) is 14.8. The number of likely N-dealkylation sites (N-methyl/N-ethyl adjacent to an activating group) is 1. The lowest BCUT2D eigenvalue weighted by Gasteiger charge is -2.30. The van der Waals surface area contributed by atoms with E-state index in [1.54, 1.807) is 24.3 Å². The summed E-state index contributed by atoms with van der Waals surface area (Å²) in [4.78, 5) is 64.6. The molecule has 12 nitrogen and oxygen atoms in total. The molecule has 2 aromatic carbocycles. The highest BCUT2D eigenvalue weighted by molar-refractivity contribution is 7.98. The van der Waals surface area contributed by atoms with Crippen molar-refractivity contribution in [3.8, 4) is 5.75 Å². The summed E-state index contributed by atoms with van der Waals surface area (Å²) in [5.74, 6) is -2.24. The highest BCUT2D eigenvalue weighted by Gasteiger charge is 2.31. The molecule has 13 heteroatoms. The van der Waals surface area contributed by atoms with E-state index in [-0.39, 0.29) is 18.6 Å². The van der Waals surface area contributed by atoms with E-state index in [2.05, 4.69) is 16.0 Å². The first kappa shape index (κ1) is 34.1. The molecule has 42 heavy (non-hydrogen) atoms. The number of hydrogen-bond donors (Lipinski definition) is 6. The van der Waals surface area contributed by atoms with E-state index in [4.69, 9.17) is 11.5 Å². The minimum atomic E-state index is -1.02. The number of carbonyl (C=O) groups excluding carboxylic acids is 5. The van der Waals surface area contributed by atoms with Gasteiger partial charge in [-0.3, -0.25) is 24.0 Å². The molecule has 228 valence electrons. The Kier molecular flexibility index (Phi) is 13.8. The Morgan fingerprint density at radius 1 is 0.929 bits per heavy atom. The molecule has 5 amide bonds. The summed E-state index contributed by atoms with van der Waals surface area (Å²) in [6.45, 7) is 1.00. The van der Waals surface area contributed by atoms with Crippen LogP contribution in [0.4, 0.5) is 0 Å². The number of rotatable bonds is 16. The van der Waals surface area contributed by atoms with E-state index < -0.39 is 60.2 Å². The number of nitrogens with two attached hydrogens (primary N) is 2. The van der Waals surface area contributed by atoms with E-state index in [1.165, 1.54) is 42.8 Å². The normalized spacial score (nSPS) is 13.6. The third-order valence-electron chi connectivity index (χ3n) is 6.56. The molecule has 0 aromatic heterocycles. The summed E-state index contributed by atoms with van der Waals surface area (Å²) in [6, 6.07) is 11.5. The Labute approximate surface area is 250 Å². The van der Waals surface area contributed by atoms with Crippen LogP contribution < -0.4 is 27.4 Å². The molecule has 0 spiro atoms. The van der Waals surface area contributed by atoms with Crippen LogP contribution in [0.15, 0.2) is 54.6 Å². The van der Waals surface area contributed by atoms with Crippen molar-refractivity contribution >= 4 is 41.3 Å². The number of hydrogen-bond acceptors (Lipinski definition) is 8. The van der Waals surface area contributed by atoms with E-state index >= 15 is 0 Å². The van der Waals surface area contributed by atoms with Crippen LogP contribution in [0.25, 0.3) is 0 Å². The number of nitrogens with one attached hydrogen (secondary N) is 3. The average Bonchev–Trinajstić information content (AvgIpc) is 2.96. The molecule has 0 aliphatic carbocycles. The van der Waals surface area contributed by atoms with Gasteiger partial charge in [-0.1, -0.05) is 42.5 Å². The Balaban J connectivity index is 1.98. The molecule has 0 fully saturated rings. The van der Waals surface area contributed by atoms with Crippen molar-refractivity contribution in [1.82, 2.24) is 20.9 Å². The second kappa shape index (κ2) is 17.0. The highest BCUT2D eigenvalue weighted by Crippen LogP contribution is 2.12. The molecule has 8 N–H and O–H groups in total. The zero-order chi connectivity index (χ0) is 31.2. The van der Waals surface area contributed by atoms with E-state index in [0.717, 1.165) is 11.1 Å². The first-order valence-electron chi connectivity index (χ1n) is 13.4. The Hall–Kier alpha value is -4.10. The lowest BCUT2D eigenvalue weighted by atomic mass is 10.0. The van der Waals surface area contributed by atoms with Crippen molar-refractivity contribution in [3.05, 3.63) is 65.7 Å². The molecule has 2 rings (SSSR count). The molecular formula is C29H40N6O6S. The summed E-state index contributed by atoms with van der Waals surface area (Å²) in [5, 5.41) is 17.0. The molecule has 0 aliphatic heterocycles. The molecule has 4 atom stereocenters. The second-order valence-corrected chi connectivity index (χ2v) is 10.9. The minimum Gasteiger partial charge on any atom is -0.508 e. The lowest BCUT2D eigenvalue weighted by molar-refractivity contribution is -0.141. The smallest absolute Gasteiger partial charge is 0.245 e. The third-order valence-corrected chi connectivity index (χ3v) is 7.20. The number of phenolic OH excluding ortho intramolecular Hbond substituents is 1. The predicted molar refractivity (Wildman–Crippen MR) is 161 cm³/mol. The van der Waals surface area contributed by atoms with Crippen molar-refractivity contribution in [1.29, 1.82) is 0 Å². The fraction of sp³-hybridized carbons (Fsp3) is 0.414. The van der Waals surface area contributed by atoms with Crippen molar-refractivity contribution in [2.45, 2.75) is 50.4 Å². The van der Waals surface area contributed by atoms with Gasteiger partial charge in [0.1, 0.15) is 23.9 Å². The lowest BCUT2D eigenvalue weighted by Crippen LogP contribution is -2.56. The van der Waals surface area contributed by atoms with Crippen LogP contribution in [0.1, 0.15) is 24.5 Å². The van der Waals surface area contributed by atoms with Crippen LogP contribution in [-0.2, 0) is 36.8 Å². The van der Waals surface area contributed by atoms with Gasteiger partial charge in [-0.15, -0.1) is 0 Å². The van der Waals surface area contributed by atoms with E-state index in [0.29, 0.717) is 12.2 Å². The largest absolute Gasteiger partial charge is 0.508 e. The molecule has 0 saturated heterocycles. The molecule has 0 aliphatic rings. The quantitative estimate of drug-likeness (QED) is 0.151. The minimum absolute atomic E-state index is 0.0925. The number of primary amides is 1. The second-order valence-electron chi connectivity index (χ2n) is 9.88. The Bertz CT molecular complexity index is 1210. The SMILES string of the molecule is CSCC[C@@H](C(N)=O)N(C)C(=O)[C@H](Cc1ccccc1)NC(=O)CNC(=O)[C@@H](C)NC(=O)[C@@H](N)Cc1ccc(O)cc1. The Morgan fingerprint density at radius 3 is 2.14 bits per heavy atom. The molecule has 0 unspecified atom stereocenters. The number of carbonyl (C=O) groups is 5. The van der Waals surface area contributed by atoms with Gasteiger partial charge in [0.25, 0.3) is 0 Å². The van der Waals surface area contributed by atoms with Crippen LogP contribution >= 0.6 is 11.8 Å². The van der Waals surface area contributed by atoms with Crippen LogP contribution in [-0.4, -0.2) is 89.3 Å².